The minimum Gasteiger partial charge on any atom is -0.396 e. The number of rotatable bonds is 13. The molecule has 0 aromatic carbocycles. The number of aliphatic hydroxyl groups excluding tert-OH is 1. The first-order chi connectivity index (χ1) is 11.3. The van der Waals surface area contributed by atoms with Crippen LogP contribution in [-0.2, 0) is 4.74 Å². The molecule has 3 nitrogen and oxygen atoms in total. The van der Waals surface area contributed by atoms with Gasteiger partial charge in [0.05, 0.1) is 6.61 Å². The van der Waals surface area contributed by atoms with Crippen molar-refractivity contribution in [1.29, 1.82) is 0 Å². The Morgan fingerprint density at radius 2 is 1.87 bits per heavy atom. The van der Waals surface area contributed by atoms with Crippen molar-refractivity contribution in [2.24, 2.45) is 5.92 Å². The zero-order valence-corrected chi connectivity index (χ0v) is 15.8. The fourth-order valence-electron chi connectivity index (χ4n) is 3.88. The lowest BCUT2D eigenvalue weighted by Crippen LogP contribution is -2.38. The molecule has 1 rings (SSSR count). The Morgan fingerprint density at radius 3 is 2.61 bits per heavy atom. The second kappa shape index (κ2) is 14.2. The third-order valence-corrected chi connectivity index (χ3v) is 5.23. The highest BCUT2D eigenvalue weighted by atomic mass is 16.5. The van der Waals surface area contributed by atoms with E-state index in [1.165, 1.54) is 57.8 Å². The molecule has 1 N–H and O–H groups in total. The van der Waals surface area contributed by atoms with E-state index in [9.17, 15) is 0 Å². The Bertz CT molecular complexity index is 260. The molecule has 1 aliphatic heterocycles. The van der Waals surface area contributed by atoms with Crippen LogP contribution < -0.4 is 0 Å². The lowest BCUT2D eigenvalue weighted by atomic mass is 9.90. The first-order valence-corrected chi connectivity index (χ1v) is 10.2. The topological polar surface area (TPSA) is 32.7 Å². The Labute approximate surface area is 144 Å². The largest absolute Gasteiger partial charge is 0.396 e. The third-order valence-electron chi connectivity index (χ3n) is 5.23. The van der Waals surface area contributed by atoms with Crippen LogP contribution >= 0.6 is 0 Å². The average molecular weight is 328 g/mol. The molecule has 23 heavy (non-hydrogen) atoms. The summed E-state index contributed by atoms with van der Waals surface area (Å²) in [6.45, 7) is 8.88. The molecule has 0 radical (unpaired) electrons. The van der Waals surface area contributed by atoms with Crippen LogP contribution in [0.1, 0.15) is 84.5 Å². The quantitative estimate of drug-likeness (QED) is 0.501. The first kappa shape index (κ1) is 20.9. The highest BCUT2D eigenvalue weighted by Gasteiger charge is 2.21. The fraction of sp³-hybridized carbons (Fsp3) is 1.00. The second-order valence-electron chi connectivity index (χ2n) is 7.28. The van der Waals surface area contributed by atoms with E-state index in [1.807, 2.05) is 0 Å². The summed E-state index contributed by atoms with van der Waals surface area (Å²) >= 11 is 0. The van der Waals surface area contributed by atoms with Gasteiger partial charge in [-0.05, 0) is 25.2 Å². The maximum Gasteiger partial charge on any atom is 0.0621 e. The van der Waals surface area contributed by atoms with E-state index in [2.05, 4.69) is 18.7 Å². The molecule has 0 aliphatic carbocycles. The van der Waals surface area contributed by atoms with Crippen LogP contribution in [0.25, 0.3) is 0 Å². The van der Waals surface area contributed by atoms with Gasteiger partial charge in [-0.1, -0.05) is 65.2 Å². The maximum absolute atomic E-state index is 9.11. The predicted molar refractivity (Wildman–Crippen MR) is 98.9 cm³/mol. The van der Waals surface area contributed by atoms with Crippen LogP contribution in [0.2, 0.25) is 0 Å². The molecule has 0 spiro atoms. The number of nitrogens with zero attached hydrogens (tertiary/aromatic N) is 1. The smallest absolute Gasteiger partial charge is 0.0621 e. The van der Waals surface area contributed by atoms with Gasteiger partial charge in [-0.15, -0.1) is 0 Å². The van der Waals surface area contributed by atoms with E-state index in [0.29, 0.717) is 12.6 Å². The van der Waals surface area contributed by atoms with Crippen LogP contribution in [0.3, 0.4) is 0 Å². The minimum absolute atomic E-state index is 0.306. The van der Waals surface area contributed by atoms with E-state index in [1.54, 1.807) is 0 Å². The molecule has 2 unspecified atom stereocenters. The molecule has 3 heteroatoms. The van der Waals surface area contributed by atoms with Gasteiger partial charge in [0.15, 0.2) is 0 Å². The number of ether oxygens (including phenoxy) is 1. The molecule has 1 aliphatic rings. The lowest BCUT2D eigenvalue weighted by molar-refractivity contribution is 0.0903. The van der Waals surface area contributed by atoms with E-state index >= 15 is 0 Å². The van der Waals surface area contributed by atoms with Crippen molar-refractivity contribution in [2.45, 2.75) is 90.5 Å². The van der Waals surface area contributed by atoms with Crippen molar-refractivity contribution in [2.75, 3.05) is 32.9 Å². The molecule has 1 heterocycles. The van der Waals surface area contributed by atoms with Gasteiger partial charge in [-0.25, -0.2) is 0 Å². The number of unbranched alkanes of at least 4 members (excludes halogenated alkanes) is 2. The normalized spacial score (nSPS) is 21.3. The summed E-state index contributed by atoms with van der Waals surface area (Å²) in [4.78, 5) is 2.56. The van der Waals surface area contributed by atoms with E-state index in [-0.39, 0.29) is 0 Å². The molecular formula is C20H41NO2. The second-order valence-corrected chi connectivity index (χ2v) is 7.28. The van der Waals surface area contributed by atoms with E-state index in [4.69, 9.17) is 9.84 Å². The van der Waals surface area contributed by atoms with Crippen molar-refractivity contribution in [3.05, 3.63) is 0 Å². The summed E-state index contributed by atoms with van der Waals surface area (Å²) in [5.74, 6) is 0.934. The Morgan fingerprint density at radius 1 is 1.04 bits per heavy atom. The molecule has 0 saturated carbocycles. The summed E-state index contributed by atoms with van der Waals surface area (Å²) in [5, 5.41) is 9.11. The van der Waals surface area contributed by atoms with Gasteiger partial charge >= 0.3 is 0 Å². The molecule has 0 amide bonds. The van der Waals surface area contributed by atoms with Crippen molar-refractivity contribution >= 4 is 0 Å². The van der Waals surface area contributed by atoms with Crippen molar-refractivity contribution in [1.82, 2.24) is 4.90 Å². The number of hydrogen-bond acceptors (Lipinski definition) is 3. The van der Waals surface area contributed by atoms with Gasteiger partial charge in [0.1, 0.15) is 0 Å². The zero-order valence-electron chi connectivity index (χ0n) is 15.8. The highest BCUT2D eigenvalue weighted by molar-refractivity contribution is 4.75. The molecule has 138 valence electrons. The van der Waals surface area contributed by atoms with Gasteiger partial charge in [-0.3, -0.25) is 4.90 Å². The van der Waals surface area contributed by atoms with Crippen molar-refractivity contribution in [3.8, 4) is 0 Å². The molecule has 1 saturated heterocycles. The van der Waals surface area contributed by atoms with Gasteiger partial charge in [0.25, 0.3) is 0 Å². The molecule has 0 aromatic heterocycles. The summed E-state index contributed by atoms with van der Waals surface area (Å²) in [5.41, 5.74) is 0. The standard InChI is InChI=1S/C20H41NO2/c1-3-5-6-11-19(10-4-2)12-7-13-20-18-23-17-9-15-21(20)14-8-16-22/h19-20,22H,3-18H2,1-2H3. The average Bonchev–Trinajstić information content (AvgIpc) is 2.78. The summed E-state index contributed by atoms with van der Waals surface area (Å²) < 4.78 is 5.80. The van der Waals surface area contributed by atoms with E-state index in [0.717, 1.165) is 45.1 Å². The summed E-state index contributed by atoms with van der Waals surface area (Å²) in [6.07, 6.45) is 14.3. The van der Waals surface area contributed by atoms with Crippen molar-refractivity contribution in [3.63, 3.8) is 0 Å². The van der Waals surface area contributed by atoms with E-state index < -0.39 is 0 Å². The lowest BCUT2D eigenvalue weighted by Gasteiger charge is -2.29. The van der Waals surface area contributed by atoms with Gasteiger partial charge in [-0.2, -0.15) is 0 Å². The van der Waals surface area contributed by atoms with Crippen molar-refractivity contribution < 1.29 is 9.84 Å². The molecule has 0 bridgehead atoms. The van der Waals surface area contributed by atoms with Crippen LogP contribution in [0.15, 0.2) is 0 Å². The maximum atomic E-state index is 9.11. The molecule has 1 fully saturated rings. The zero-order chi connectivity index (χ0) is 16.8. The van der Waals surface area contributed by atoms with Crippen LogP contribution in [0.4, 0.5) is 0 Å². The minimum atomic E-state index is 0.306. The fourth-order valence-corrected chi connectivity index (χ4v) is 3.88. The van der Waals surface area contributed by atoms with Crippen LogP contribution in [-0.4, -0.2) is 49.0 Å². The summed E-state index contributed by atoms with van der Waals surface area (Å²) in [6, 6.07) is 0.571. The van der Waals surface area contributed by atoms with Crippen LogP contribution in [0.5, 0.6) is 0 Å². The monoisotopic (exact) mass is 327 g/mol. The highest BCUT2D eigenvalue weighted by Crippen LogP contribution is 2.23. The third kappa shape index (κ3) is 9.69. The van der Waals surface area contributed by atoms with Gasteiger partial charge < -0.3 is 9.84 Å². The molecule has 2 atom stereocenters. The Balaban J connectivity index is 2.32. The SMILES string of the molecule is CCCCCC(CCC)CCCC1COCCCN1CCCO. The number of hydrogen-bond donors (Lipinski definition) is 1. The molecular weight excluding hydrogens is 286 g/mol. The van der Waals surface area contributed by atoms with Gasteiger partial charge in [0.2, 0.25) is 0 Å². The summed E-state index contributed by atoms with van der Waals surface area (Å²) in [7, 11) is 0. The Kier molecular flexibility index (Phi) is 13.0. The first-order valence-electron chi connectivity index (χ1n) is 10.2. The Hall–Kier alpha value is -0.120. The molecule has 0 aromatic rings. The van der Waals surface area contributed by atoms with Gasteiger partial charge in [0, 0.05) is 32.3 Å². The van der Waals surface area contributed by atoms with Crippen LogP contribution in [0, 0.1) is 5.92 Å². The number of aliphatic hydroxyl groups is 1. The predicted octanol–water partition coefficient (Wildman–Crippen LogP) is 4.63.